The number of halogens is 3. The van der Waals surface area contributed by atoms with Crippen molar-refractivity contribution in [1.29, 1.82) is 0 Å². The Balaban J connectivity index is 0.000000914. The summed E-state index contributed by atoms with van der Waals surface area (Å²) in [5.74, 6) is 0.675. The Morgan fingerprint density at radius 2 is 1.82 bits per heavy atom. The molecule has 0 aliphatic carbocycles. The van der Waals surface area contributed by atoms with Gasteiger partial charge in [-0.05, 0) is 31.4 Å². The van der Waals surface area contributed by atoms with Gasteiger partial charge in [-0.2, -0.15) is 13.2 Å². The lowest BCUT2D eigenvalue weighted by Crippen LogP contribution is -2.53. The predicted octanol–water partition coefficient (Wildman–Crippen LogP) is 4.76. The molecule has 4 rings (SSSR count). The molecule has 11 heteroatoms. The standard InChI is InChI=1S/C18H21F3N6OS.2C2H6/c19-18(20,21)14-11(2-1-6-24-14)29-16-15(23)26-13(10-25-16)27-7-4-17(5-8-27)12(22)3-9-28-17;2*1-2/h1-2,6,10,12H,3-5,7-9,22H2,(H2,23,26);2*1-2H3. The first-order chi connectivity index (χ1) is 15.8. The van der Waals surface area contributed by atoms with Crippen LogP contribution in [0.25, 0.3) is 0 Å². The summed E-state index contributed by atoms with van der Waals surface area (Å²) >= 11 is 0.802. The third kappa shape index (κ3) is 6.27. The number of pyridine rings is 1. The van der Waals surface area contributed by atoms with Crippen LogP contribution in [0.15, 0.2) is 34.4 Å². The second-order valence-electron chi connectivity index (χ2n) is 7.16. The summed E-state index contributed by atoms with van der Waals surface area (Å²) in [5, 5.41) is 0.210. The summed E-state index contributed by atoms with van der Waals surface area (Å²) in [7, 11) is 0. The number of hydrogen-bond donors (Lipinski definition) is 2. The van der Waals surface area contributed by atoms with E-state index in [1.54, 1.807) is 0 Å². The number of anilines is 2. The molecule has 2 aromatic rings. The van der Waals surface area contributed by atoms with Gasteiger partial charge in [0.1, 0.15) is 10.8 Å². The first kappa shape index (κ1) is 27.1. The fraction of sp³-hybridized carbons (Fsp3) is 0.591. The zero-order chi connectivity index (χ0) is 24.6. The number of rotatable bonds is 3. The normalized spacial score (nSPS) is 19.4. The predicted molar refractivity (Wildman–Crippen MR) is 125 cm³/mol. The second-order valence-corrected chi connectivity index (χ2v) is 8.19. The number of ether oxygens (including phenoxy) is 1. The molecule has 2 aliphatic rings. The van der Waals surface area contributed by atoms with Crippen LogP contribution < -0.4 is 16.4 Å². The fourth-order valence-corrected chi connectivity index (χ4v) is 4.67. The van der Waals surface area contributed by atoms with Crippen LogP contribution in [0, 0.1) is 0 Å². The maximum absolute atomic E-state index is 13.1. The Hall–Kier alpha value is -2.11. The van der Waals surface area contributed by atoms with Crippen molar-refractivity contribution < 1.29 is 17.9 Å². The number of aromatic nitrogens is 3. The van der Waals surface area contributed by atoms with Crippen molar-refractivity contribution in [2.24, 2.45) is 5.73 Å². The summed E-state index contributed by atoms with van der Waals surface area (Å²) < 4.78 is 45.3. The lowest BCUT2D eigenvalue weighted by Gasteiger charge is -2.41. The zero-order valence-corrected chi connectivity index (χ0v) is 20.3. The van der Waals surface area contributed by atoms with Crippen LogP contribution in [-0.2, 0) is 10.9 Å². The van der Waals surface area contributed by atoms with E-state index in [0.29, 0.717) is 25.5 Å². The van der Waals surface area contributed by atoms with Crippen molar-refractivity contribution in [3.05, 3.63) is 30.2 Å². The Labute approximate surface area is 197 Å². The van der Waals surface area contributed by atoms with Crippen molar-refractivity contribution in [2.45, 2.75) is 74.7 Å². The van der Waals surface area contributed by atoms with E-state index in [2.05, 4.69) is 15.0 Å². The van der Waals surface area contributed by atoms with Crippen LogP contribution in [0.4, 0.5) is 24.8 Å². The van der Waals surface area contributed by atoms with E-state index in [-0.39, 0.29) is 27.4 Å². The lowest BCUT2D eigenvalue weighted by molar-refractivity contribution is -0.143. The minimum absolute atomic E-state index is 0.0434. The minimum Gasteiger partial charge on any atom is -0.381 e. The molecule has 1 unspecified atom stereocenters. The van der Waals surface area contributed by atoms with E-state index in [0.717, 1.165) is 37.2 Å². The first-order valence-electron chi connectivity index (χ1n) is 11.3. The largest absolute Gasteiger partial charge is 0.434 e. The van der Waals surface area contributed by atoms with Crippen molar-refractivity contribution in [2.75, 3.05) is 30.3 Å². The molecule has 2 aliphatic heterocycles. The fourth-order valence-electron chi connectivity index (χ4n) is 3.79. The van der Waals surface area contributed by atoms with Gasteiger partial charge in [-0.25, -0.2) is 9.97 Å². The Morgan fingerprint density at radius 1 is 1.15 bits per heavy atom. The highest BCUT2D eigenvalue weighted by molar-refractivity contribution is 7.99. The molecule has 0 radical (unpaired) electrons. The SMILES string of the molecule is CC.CC.Nc1nc(N2CCC3(CC2)OCCC3N)cnc1Sc1cccnc1C(F)(F)F. The average Bonchev–Trinajstić information content (AvgIpc) is 3.17. The molecule has 2 aromatic heterocycles. The molecule has 0 saturated carbocycles. The second kappa shape index (κ2) is 11.8. The number of alkyl halides is 3. The highest BCUT2D eigenvalue weighted by Gasteiger charge is 2.44. The number of hydrogen-bond acceptors (Lipinski definition) is 8. The topological polar surface area (TPSA) is 103 Å². The third-order valence-electron chi connectivity index (χ3n) is 5.43. The summed E-state index contributed by atoms with van der Waals surface area (Å²) in [4.78, 5) is 14.0. The van der Waals surface area contributed by atoms with Crippen LogP contribution in [0.3, 0.4) is 0 Å². The first-order valence-corrected chi connectivity index (χ1v) is 12.1. The van der Waals surface area contributed by atoms with Gasteiger partial charge >= 0.3 is 6.18 Å². The minimum atomic E-state index is -4.56. The summed E-state index contributed by atoms with van der Waals surface area (Å²) in [6, 6.07) is 2.82. The van der Waals surface area contributed by atoms with E-state index in [9.17, 15) is 13.2 Å². The van der Waals surface area contributed by atoms with E-state index < -0.39 is 11.9 Å². The molecule has 2 saturated heterocycles. The van der Waals surface area contributed by atoms with Gasteiger partial charge < -0.3 is 21.1 Å². The van der Waals surface area contributed by atoms with Gasteiger partial charge in [0, 0.05) is 36.8 Å². The van der Waals surface area contributed by atoms with E-state index in [1.165, 1.54) is 18.3 Å². The molecule has 0 aromatic carbocycles. The molecule has 4 N–H and O–H groups in total. The molecule has 1 spiro atoms. The van der Waals surface area contributed by atoms with Gasteiger partial charge in [0.2, 0.25) is 0 Å². The smallest absolute Gasteiger partial charge is 0.381 e. The Bertz CT molecular complexity index is 891. The number of nitrogen functional groups attached to an aromatic ring is 1. The maximum atomic E-state index is 13.1. The maximum Gasteiger partial charge on any atom is 0.434 e. The average molecular weight is 487 g/mol. The number of nitrogens with two attached hydrogens (primary N) is 2. The molecule has 0 bridgehead atoms. The van der Waals surface area contributed by atoms with Crippen LogP contribution in [0.5, 0.6) is 0 Å². The van der Waals surface area contributed by atoms with Gasteiger partial charge in [0.05, 0.1) is 11.8 Å². The van der Waals surface area contributed by atoms with Crippen molar-refractivity contribution in [3.8, 4) is 0 Å². The summed E-state index contributed by atoms with van der Waals surface area (Å²) in [5.41, 5.74) is 11.0. The van der Waals surface area contributed by atoms with Crippen LogP contribution in [0.2, 0.25) is 0 Å². The highest BCUT2D eigenvalue weighted by atomic mass is 32.2. The molecular formula is C22H33F3N6OS. The van der Waals surface area contributed by atoms with Crippen molar-refractivity contribution in [3.63, 3.8) is 0 Å². The number of piperidine rings is 1. The van der Waals surface area contributed by atoms with Gasteiger partial charge in [-0.3, -0.25) is 4.98 Å². The van der Waals surface area contributed by atoms with Crippen LogP contribution in [0.1, 0.15) is 52.7 Å². The van der Waals surface area contributed by atoms with Gasteiger partial charge in [0.15, 0.2) is 11.5 Å². The van der Waals surface area contributed by atoms with Gasteiger partial charge in [0.25, 0.3) is 0 Å². The number of nitrogens with zero attached hydrogens (tertiary/aromatic N) is 4. The van der Waals surface area contributed by atoms with E-state index >= 15 is 0 Å². The molecule has 4 heterocycles. The Kier molecular flexibility index (Phi) is 9.74. The quantitative estimate of drug-likeness (QED) is 0.640. The molecular weight excluding hydrogens is 453 g/mol. The molecule has 0 amide bonds. The molecule has 184 valence electrons. The summed E-state index contributed by atoms with van der Waals surface area (Å²) in [6.45, 7) is 10.1. The molecule has 7 nitrogen and oxygen atoms in total. The molecule has 1 atom stereocenters. The molecule has 33 heavy (non-hydrogen) atoms. The highest BCUT2D eigenvalue weighted by Crippen LogP contribution is 2.40. The van der Waals surface area contributed by atoms with Crippen LogP contribution >= 0.6 is 11.8 Å². The molecule has 2 fully saturated rings. The van der Waals surface area contributed by atoms with Gasteiger partial charge in [-0.1, -0.05) is 39.5 Å². The van der Waals surface area contributed by atoms with E-state index in [4.69, 9.17) is 16.2 Å². The third-order valence-corrected chi connectivity index (χ3v) is 6.48. The van der Waals surface area contributed by atoms with Crippen molar-refractivity contribution >= 4 is 23.4 Å². The van der Waals surface area contributed by atoms with Crippen LogP contribution in [-0.4, -0.2) is 46.3 Å². The zero-order valence-electron chi connectivity index (χ0n) is 19.5. The van der Waals surface area contributed by atoms with E-state index in [1.807, 2.05) is 32.6 Å². The monoisotopic (exact) mass is 486 g/mol. The summed E-state index contributed by atoms with van der Waals surface area (Å²) in [6.07, 6.45) is 0.531. The Morgan fingerprint density at radius 3 is 2.36 bits per heavy atom. The van der Waals surface area contributed by atoms with Gasteiger partial charge in [-0.15, -0.1) is 0 Å². The lowest BCUT2D eigenvalue weighted by atomic mass is 9.85. The van der Waals surface area contributed by atoms with Crippen molar-refractivity contribution in [1.82, 2.24) is 15.0 Å².